The Morgan fingerprint density at radius 1 is 1.43 bits per heavy atom. The van der Waals surface area contributed by atoms with Crippen LogP contribution < -0.4 is 0 Å². The maximum Gasteiger partial charge on any atom is 0.237 e. The van der Waals surface area contributed by atoms with Crippen molar-refractivity contribution in [1.82, 2.24) is 9.80 Å². The minimum Gasteiger partial charge on any atom is -0.338 e. The van der Waals surface area contributed by atoms with E-state index in [4.69, 9.17) is 0 Å². The molecule has 21 heavy (non-hydrogen) atoms. The first-order valence-corrected chi connectivity index (χ1v) is 7.73. The highest BCUT2D eigenvalue weighted by Crippen LogP contribution is 2.34. The average molecular weight is 292 g/mol. The van der Waals surface area contributed by atoms with Crippen LogP contribution in [0.5, 0.6) is 0 Å². The quantitative estimate of drug-likeness (QED) is 0.771. The summed E-state index contributed by atoms with van der Waals surface area (Å²) in [5, 5.41) is 0. The number of carbonyl (C=O) groups is 1. The Morgan fingerprint density at radius 2 is 2.14 bits per heavy atom. The molecule has 0 heterocycles. The molecule has 3 nitrogen and oxygen atoms in total. The second-order valence-corrected chi connectivity index (χ2v) is 6.03. The van der Waals surface area contributed by atoms with Crippen molar-refractivity contribution >= 4 is 5.91 Å². The first-order chi connectivity index (χ1) is 10.0. The number of hydrogen-bond acceptors (Lipinski definition) is 2. The molecule has 0 saturated heterocycles. The van der Waals surface area contributed by atoms with Gasteiger partial charge in [0.05, 0.1) is 6.54 Å². The fraction of sp³-hybridized carbons (Fsp3) is 0.588. The number of amides is 1. The molecule has 1 fully saturated rings. The predicted molar refractivity (Wildman–Crippen MR) is 82.3 cm³/mol. The van der Waals surface area contributed by atoms with Gasteiger partial charge in [-0.15, -0.1) is 0 Å². The average Bonchev–Trinajstić information content (AvgIpc) is 3.28. The van der Waals surface area contributed by atoms with E-state index in [0.717, 1.165) is 11.5 Å². The number of halogens is 1. The van der Waals surface area contributed by atoms with E-state index in [1.54, 1.807) is 11.0 Å². The van der Waals surface area contributed by atoms with Crippen molar-refractivity contribution in [1.29, 1.82) is 0 Å². The van der Waals surface area contributed by atoms with Crippen molar-refractivity contribution in [2.45, 2.75) is 39.3 Å². The normalized spacial score (nSPS) is 16.0. The molecule has 0 aliphatic heterocycles. The molecular formula is C17H25FN2O. The third-order valence-electron chi connectivity index (χ3n) is 4.38. The Hall–Kier alpha value is -1.42. The lowest BCUT2D eigenvalue weighted by atomic mass is 10.2. The van der Waals surface area contributed by atoms with Crippen LogP contribution >= 0.6 is 0 Å². The third kappa shape index (κ3) is 4.53. The van der Waals surface area contributed by atoms with E-state index in [0.29, 0.717) is 25.7 Å². The predicted octanol–water partition coefficient (Wildman–Crippen LogP) is 2.90. The number of benzene rings is 1. The first kappa shape index (κ1) is 16.0. The molecule has 0 aromatic heterocycles. The zero-order valence-electron chi connectivity index (χ0n) is 13.2. The molecule has 1 saturated carbocycles. The third-order valence-corrected chi connectivity index (χ3v) is 4.38. The van der Waals surface area contributed by atoms with Gasteiger partial charge in [-0.1, -0.05) is 12.1 Å². The fourth-order valence-electron chi connectivity index (χ4n) is 2.63. The molecule has 1 atom stereocenters. The van der Waals surface area contributed by atoms with Gasteiger partial charge in [0.2, 0.25) is 5.91 Å². The summed E-state index contributed by atoms with van der Waals surface area (Å²) in [5.41, 5.74) is 0.836. The van der Waals surface area contributed by atoms with Crippen LogP contribution in [0.1, 0.15) is 32.3 Å². The molecule has 1 aromatic rings. The van der Waals surface area contributed by atoms with Crippen LogP contribution in [-0.2, 0) is 11.3 Å². The van der Waals surface area contributed by atoms with Crippen LogP contribution in [0, 0.1) is 11.7 Å². The molecule has 1 aliphatic carbocycles. The fourth-order valence-corrected chi connectivity index (χ4v) is 2.63. The van der Waals surface area contributed by atoms with Gasteiger partial charge in [0, 0.05) is 19.1 Å². The largest absolute Gasteiger partial charge is 0.338 e. The number of nitrogens with zero attached hydrogens (tertiary/aromatic N) is 2. The second kappa shape index (κ2) is 7.03. The SMILES string of the molecule is CCN(Cc1cccc(F)c1)C(=O)CN(C)C(C)C1CC1. The number of likely N-dealkylation sites (N-methyl/N-ethyl adjacent to an activating group) is 2. The van der Waals surface area contributed by atoms with Gasteiger partial charge in [-0.2, -0.15) is 0 Å². The van der Waals surface area contributed by atoms with E-state index in [1.807, 2.05) is 20.0 Å². The van der Waals surface area contributed by atoms with Crippen molar-refractivity contribution in [3.05, 3.63) is 35.6 Å². The Kier molecular flexibility index (Phi) is 5.34. The molecule has 1 aromatic carbocycles. The molecule has 1 aliphatic rings. The topological polar surface area (TPSA) is 23.6 Å². The standard InChI is InChI=1S/C17H25FN2O/c1-4-20(11-14-6-5-7-16(18)10-14)17(21)12-19(3)13(2)15-8-9-15/h5-7,10,13,15H,4,8-9,11-12H2,1-3H3. The van der Waals surface area contributed by atoms with Crippen LogP contribution in [0.15, 0.2) is 24.3 Å². The second-order valence-electron chi connectivity index (χ2n) is 6.03. The summed E-state index contributed by atoms with van der Waals surface area (Å²) < 4.78 is 13.2. The van der Waals surface area contributed by atoms with Gasteiger partial charge >= 0.3 is 0 Å². The van der Waals surface area contributed by atoms with Crippen LogP contribution in [0.3, 0.4) is 0 Å². The summed E-state index contributed by atoms with van der Waals surface area (Å²) >= 11 is 0. The molecule has 116 valence electrons. The summed E-state index contributed by atoms with van der Waals surface area (Å²) in [4.78, 5) is 16.3. The summed E-state index contributed by atoms with van der Waals surface area (Å²) in [6.45, 7) is 5.69. The van der Waals surface area contributed by atoms with Crippen LogP contribution in [0.25, 0.3) is 0 Å². The van der Waals surface area contributed by atoms with E-state index in [-0.39, 0.29) is 11.7 Å². The molecule has 0 bridgehead atoms. The Morgan fingerprint density at radius 3 is 2.71 bits per heavy atom. The van der Waals surface area contributed by atoms with Gasteiger partial charge in [-0.05, 0) is 57.4 Å². The Bertz CT molecular complexity index is 487. The van der Waals surface area contributed by atoms with Crippen molar-refractivity contribution in [2.75, 3.05) is 20.1 Å². The molecule has 1 amide bonds. The lowest BCUT2D eigenvalue weighted by Gasteiger charge is -2.28. The zero-order chi connectivity index (χ0) is 15.4. The lowest BCUT2D eigenvalue weighted by Crippen LogP contribution is -2.42. The molecule has 4 heteroatoms. The van der Waals surface area contributed by atoms with Gasteiger partial charge in [0.1, 0.15) is 5.82 Å². The molecule has 2 rings (SSSR count). The smallest absolute Gasteiger partial charge is 0.237 e. The molecule has 0 N–H and O–H groups in total. The van der Waals surface area contributed by atoms with E-state index >= 15 is 0 Å². The summed E-state index contributed by atoms with van der Waals surface area (Å²) in [6, 6.07) is 6.92. The lowest BCUT2D eigenvalue weighted by molar-refractivity contribution is -0.133. The molecule has 0 radical (unpaired) electrons. The maximum atomic E-state index is 13.2. The van der Waals surface area contributed by atoms with Crippen molar-refractivity contribution in [3.8, 4) is 0 Å². The van der Waals surface area contributed by atoms with Crippen molar-refractivity contribution in [3.63, 3.8) is 0 Å². The van der Waals surface area contributed by atoms with E-state index < -0.39 is 0 Å². The highest BCUT2D eigenvalue weighted by atomic mass is 19.1. The Labute approximate surface area is 126 Å². The van der Waals surface area contributed by atoms with E-state index in [9.17, 15) is 9.18 Å². The molecule has 1 unspecified atom stereocenters. The van der Waals surface area contributed by atoms with Crippen LogP contribution in [0.2, 0.25) is 0 Å². The number of rotatable bonds is 7. The molecule has 0 spiro atoms. The van der Waals surface area contributed by atoms with Gasteiger partial charge in [0.15, 0.2) is 0 Å². The minimum absolute atomic E-state index is 0.108. The van der Waals surface area contributed by atoms with E-state index in [1.165, 1.54) is 25.0 Å². The zero-order valence-corrected chi connectivity index (χ0v) is 13.2. The highest BCUT2D eigenvalue weighted by molar-refractivity contribution is 5.78. The number of hydrogen-bond donors (Lipinski definition) is 0. The van der Waals surface area contributed by atoms with Gasteiger partial charge < -0.3 is 4.90 Å². The van der Waals surface area contributed by atoms with Gasteiger partial charge in [0.25, 0.3) is 0 Å². The molecular weight excluding hydrogens is 267 g/mol. The monoisotopic (exact) mass is 292 g/mol. The van der Waals surface area contributed by atoms with Gasteiger partial charge in [-0.25, -0.2) is 4.39 Å². The Balaban J connectivity index is 1.91. The van der Waals surface area contributed by atoms with E-state index in [2.05, 4.69) is 11.8 Å². The highest BCUT2D eigenvalue weighted by Gasteiger charge is 2.31. The number of carbonyl (C=O) groups excluding carboxylic acids is 1. The summed E-state index contributed by atoms with van der Waals surface area (Å²) in [6.07, 6.45) is 2.56. The van der Waals surface area contributed by atoms with Gasteiger partial charge in [-0.3, -0.25) is 9.69 Å². The van der Waals surface area contributed by atoms with Crippen LogP contribution in [0.4, 0.5) is 4.39 Å². The summed E-state index contributed by atoms with van der Waals surface area (Å²) in [7, 11) is 2.01. The van der Waals surface area contributed by atoms with Crippen molar-refractivity contribution in [2.24, 2.45) is 5.92 Å². The minimum atomic E-state index is -0.254. The maximum absolute atomic E-state index is 13.2. The van der Waals surface area contributed by atoms with Crippen molar-refractivity contribution < 1.29 is 9.18 Å². The van der Waals surface area contributed by atoms with Crippen LogP contribution in [-0.4, -0.2) is 41.9 Å². The first-order valence-electron chi connectivity index (χ1n) is 7.73. The summed E-state index contributed by atoms with van der Waals surface area (Å²) in [5.74, 6) is 0.605.